The molecule has 24 heavy (non-hydrogen) atoms. The molecule has 5 nitrogen and oxygen atoms in total. The molecule has 0 aliphatic heterocycles. The molecule has 0 radical (unpaired) electrons. The van der Waals surface area contributed by atoms with Gasteiger partial charge in [0, 0.05) is 17.4 Å². The van der Waals surface area contributed by atoms with Gasteiger partial charge in [0.25, 0.3) is 0 Å². The van der Waals surface area contributed by atoms with Crippen LogP contribution in [0.4, 0.5) is 4.39 Å². The van der Waals surface area contributed by atoms with Crippen LogP contribution in [0.15, 0.2) is 65.7 Å². The molecule has 2 aromatic carbocycles. The number of methoxy groups -OCH3 is 1. The number of benzene rings is 2. The van der Waals surface area contributed by atoms with Crippen LogP contribution in [-0.4, -0.2) is 20.1 Å². The van der Waals surface area contributed by atoms with E-state index in [1.54, 1.807) is 24.3 Å². The van der Waals surface area contributed by atoms with Crippen molar-refractivity contribution in [3.05, 3.63) is 66.6 Å². The van der Waals surface area contributed by atoms with E-state index in [0.717, 1.165) is 11.4 Å². The molecule has 3 rings (SSSR count). The molecule has 0 saturated carbocycles. The topological polar surface area (TPSA) is 74.3 Å². The fourth-order valence-electron chi connectivity index (χ4n) is 2.46. The first-order valence-corrected chi connectivity index (χ1v) is 8.59. The zero-order valence-electron chi connectivity index (χ0n) is 12.8. The van der Waals surface area contributed by atoms with Crippen molar-refractivity contribution in [1.29, 1.82) is 0 Å². The molecule has 0 amide bonds. The van der Waals surface area contributed by atoms with Crippen molar-refractivity contribution in [2.75, 3.05) is 7.11 Å². The molecule has 3 aromatic rings. The number of halogens is 1. The first kappa shape index (κ1) is 16.2. The molecule has 0 spiro atoms. The average Bonchev–Trinajstić information content (AvgIpc) is 3.03. The summed E-state index contributed by atoms with van der Waals surface area (Å²) < 4.78 is 43.4. The van der Waals surface area contributed by atoms with Crippen molar-refractivity contribution in [3.63, 3.8) is 0 Å². The van der Waals surface area contributed by atoms with Crippen molar-refractivity contribution >= 4 is 10.0 Å². The average molecular weight is 346 g/mol. The Kier molecular flexibility index (Phi) is 4.13. The number of sulfonamides is 1. The Morgan fingerprint density at radius 1 is 1.08 bits per heavy atom. The second-order valence-electron chi connectivity index (χ2n) is 5.15. The minimum absolute atomic E-state index is 0.0375. The molecule has 1 heterocycles. The van der Waals surface area contributed by atoms with E-state index >= 15 is 0 Å². The molecule has 0 aliphatic rings. The quantitative estimate of drug-likeness (QED) is 0.789. The summed E-state index contributed by atoms with van der Waals surface area (Å²) in [7, 11) is -2.33. The van der Waals surface area contributed by atoms with Gasteiger partial charge in [-0.2, -0.15) is 0 Å². The molecular weight excluding hydrogens is 331 g/mol. The SMILES string of the molecule is COc1ccc(-c2cccn2-c2ccc(S(N)(=O)=O)cc2)cc1F. The van der Waals surface area contributed by atoms with E-state index < -0.39 is 15.8 Å². The van der Waals surface area contributed by atoms with Gasteiger partial charge in [-0.1, -0.05) is 0 Å². The first-order chi connectivity index (χ1) is 11.4. The summed E-state index contributed by atoms with van der Waals surface area (Å²) in [5.41, 5.74) is 2.17. The summed E-state index contributed by atoms with van der Waals surface area (Å²) in [6, 6.07) is 14.5. The van der Waals surface area contributed by atoms with E-state index in [-0.39, 0.29) is 10.6 Å². The molecule has 2 N–H and O–H groups in total. The van der Waals surface area contributed by atoms with E-state index in [1.807, 2.05) is 22.9 Å². The van der Waals surface area contributed by atoms with E-state index in [0.29, 0.717) is 5.56 Å². The van der Waals surface area contributed by atoms with E-state index in [9.17, 15) is 12.8 Å². The predicted octanol–water partition coefficient (Wildman–Crippen LogP) is 2.94. The second-order valence-corrected chi connectivity index (χ2v) is 6.71. The van der Waals surface area contributed by atoms with Crippen LogP contribution in [0, 0.1) is 5.82 Å². The van der Waals surface area contributed by atoms with E-state index in [2.05, 4.69) is 0 Å². The third-order valence-electron chi connectivity index (χ3n) is 3.64. The van der Waals surface area contributed by atoms with Gasteiger partial charge in [-0.3, -0.25) is 0 Å². The number of hydrogen-bond acceptors (Lipinski definition) is 3. The predicted molar refractivity (Wildman–Crippen MR) is 89.1 cm³/mol. The lowest BCUT2D eigenvalue weighted by molar-refractivity contribution is 0.386. The summed E-state index contributed by atoms with van der Waals surface area (Å²) in [5.74, 6) is -0.276. The monoisotopic (exact) mass is 346 g/mol. The molecule has 0 atom stereocenters. The summed E-state index contributed by atoms with van der Waals surface area (Å²) in [6.07, 6.45) is 1.81. The van der Waals surface area contributed by atoms with Gasteiger partial charge >= 0.3 is 0 Å². The molecule has 0 saturated heterocycles. The summed E-state index contributed by atoms with van der Waals surface area (Å²) in [6.45, 7) is 0. The fraction of sp³-hybridized carbons (Fsp3) is 0.0588. The number of hydrogen-bond donors (Lipinski definition) is 1. The van der Waals surface area contributed by atoms with E-state index in [1.165, 1.54) is 25.3 Å². The Labute approximate surface area is 139 Å². The number of aromatic nitrogens is 1. The van der Waals surface area contributed by atoms with Gasteiger partial charge in [0.05, 0.1) is 17.7 Å². The first-order valence-electron chi connectivity index (χ1n) is 7.04. The maximum Gasteiger partial charge on any atom is 0.238 e. The van der Waals surface area contributed by atoms with Crippen LogP contribution in [0.25, 0.3) is 16.9 Å². The van der Waals surface area contributed by atoms with Gasteiger partial charge in [0.15, 0.2) is 11.6 Å². The fourth-order valence-corrected chi connectivity index (χ4v) is 2.98. The highest BCUT2D eigenvalue weighted by Gasteiger charge is 2.11. The normalized spacial score (nSPS) is 11.5. The Hall–Kier alpha value is -2.64. The van der Waals surface area contributed by atoms with Crippen LogP contribution < -0.4 is 9.88 Å². The van der Waals surface area contributed by atoms with Crippen LogP contribution >= 0.6 is 0 Å². The zero-order valence-corrected chi connectivity index (χ0v) is 13.6. The number of nitrogens with two attached hydrogens (primary N) is 1. The lowest BCUT2D eigenvalue weighted by Crippen LogP contribution is -2.12. The van der Waals surface area contributed by atoms with Crippen molar-refractivity contribution < 1.29 is 17.5 Å². The zero-order chi connectivity index (χ0) is 17.3. The minimum Gasteiger partial charge on any atom is -0.494 e. The van der Waals surface area contributed by atoms with Gasteiger partial charge in [-0.15, -0.1) is 0 Å². The van der Waals surface area contributed by atoms with Crippen molar-refractivity contribution in [2.45, 2.75) is 4.90 Å². The Balaban J connectivity index is 2.03. The van der Waals surface area contributed by atoms with Gasteiger partial charge in [0.1, 0.15) is 0 Å². The van der Waals surface area contributed by atoms with Crippen LogP contribution in [0.1, 0.15) is 0 Å². The van der Waals surface area contributed by atoms with Crippen molar-refractivity contribution in [2.24, 2.45) is 5.14 Å². The molecule has 1 aromatic heterocycles. The van der Waals surface area contributed by atoms with Crippen LogP contribution in [-0.2, 0) is 10.0 Å². The van der Waals surface area contributed by atoms with Crippen LogP contribution in [0.2, 0.25) is 0 Å². The molecule has 124 valence electrons. The standard InChI is InChI=1S/C17H15FN2O3S/c1-23-17-9-4-12(11-15(17)18)16-3-2-10-20(16)13-5-7-14(8-6-13)24(19,21)22/h2-11H,1H3,(H2,19,21,22). The lowest BCUT2D eigenvalue weighted by atomic mass is 10.1. The number of nitrogens with zero attached hydrogens (tertiary/aromatic N) is 1. The minimum atomic E-state index is -3.74. The highest BCUT2D eigenvalue weighted by molar-refractivity contribution is 7.89. The van der Waals surface area contributed by atoms with Crippen LogP contribution in [0.5, 0.6) is 5.75 Å². The van der Waals surface area contributed by atoms with Crippen molar-refractivity contribution in [3.8, 4) is 22.7 Å². The van der Waals surface area contributed by atoms with E-state index in [4.69, 9.17) is 9.88 Å². The summed E-state index contributed by atoms with van der Waals surface area (Å²) in [4.78, 5) is 0.0375. The number of rotatable bonds is 4. The third kappa shape index (κ3) is 3.04. The molecule has 7 heteroatoms. The van der Waals surface area contributed by atoms with Crippen LogP contribution in [0.3, 0.4) is 0 Å². The summed E-state index contributed by atoms with van der Waals surface area (Å²) >= 11 is 0. The maximum atomic E-state index is 13.9. The molecule has 0 bridgehead atoms. The van der Waals surface area contributed by atoms with Gasteiger partial charge in [0.2, 0.25) is 10.0 Å². The third-order valence-corrected chi connectivity index (χ3v) is 4.57. The number of ether oxygens (including phenoxy) is 1. The highest BCUT2D eigenvalue weighted by atomic mass is 32.2. The van der Waals surface area contributed by atoms with Gasteiger partial charge in [-0.05, 0) is 54.6 Å². The molecule has 0 aliphatic carbocycles. The largest absolute Gasteiger partial charge is 0.494 e. The van der Waals surface area contributed by atoms with Gasteiger partial charge in [-0.25, -0.2) is 17.9 Å². The Morgan fingerprint density at radius 2 is 1.79 bits per heavy atom. The molecular formula is C17H15FN2O3S. The lowest BCUT2D eigenvalue weighted by Gasteiger charge is -2.11. The Morgan fingerprint density at radius 3 is 2.38 bits per heavy atom. The van der Waals surface area contributed by atoms with Gasteiger partial charge < -0.3 is 9.30 Å². The summed E-state index contributed by atoms with van der Waals surface area (Å²) in [5, 5.41) is 5.10. The smallest absolute Gasteiger partial charge is 0.238 e. The molecule has 0 unspecified atom stereocenters. The second kappa shape index (κ2) is 6.10. The maximum absolute atomic E-state index is 13.9. The Bertz CT molecular complexity index is 979. The molecule has 0 fully saturated rings. The van der Waals surface area contributed by atoms with Crippen molar-refractivity contribution in [1.82, 2.24) is 4.57 Å². The number of primary sulfonamides is 1. The highest BCUT2D eigenvalue weighted by Crippen LogP contribution is 2.28.